The van der Waals surface area contributed by atoms with E-state index in [-0.39, 0.29) is 6.61 Å². The van der Waals surface area contributed by atoms with E-state index in [2.05, 4.69) is 5.10 Å². The van der Waals surface area contributed by atoms with E-state index >= 15 is 0 Å². The minimum atomic E-state index is -0.406. The summed E-state index contributed by atoms with van der Waals surface area (Å²) in [6.07, 6.45) is 2.24. The summed E-state index contributed by atoms with van der Waals surface area (Å²) < 4.78 is 13.9. The topological polar surface area (TPSA) is 79.3 Å². The fraction of sp³-hybridized carbons (Fsp3) is 0.190. The van der Waals surface area contributed by atoms with Crippen molar-refractivity contribution in [3.05, 3.63) is 82.6 Å². The molecule has 0 atom stereocenters. The van der Waals surface area contributed by atoms with Gasteiger partial charge in [-0.2, -0.15) is 5.10 Å². The highest BCUT2D eigenvalue weighted by Gasteiger charge is 2.10. The molecule has 0 aliphatic rings. The number of hydrogen-bond acceptors (Lipinski definition) is 5. The second-order valence-corrected chi connectivity index (χ2v) is 6.41. The second-order valence-electron chi connectivity index (χ2n) is 6.41. The largest absolute Gasteiger partial charge is 0.462 e. The van der Waals surface area contributed by atoms with Gasteiger partial charge in [0.25, 0.3) is 0 Å². The van der Waals surface area contributed by atoms with Gasteiger partial charge in [0.1, 0.15) is 0 Å². The summed E-state index contributed by atoms with van der Waals surface area (Å²) in [5.41, 5.74) is 3.66. The lowest BCUT2D eigenvalue weighted by atomic mass is 10.2. The molecule has 142 valence electrons. The Hall–Kier alpha value is -3.61. The van der Waals surface area contributed by atoms with E-state index in [0.717, 1.165) is 16.9 Å². The normalized spacial score (nSPS) is 11.0. The van der Waals surface area contributed by atoms with Crippen molar-refractivity contribution < 1.29 is 13.9 Å². The van der Waals surface area contributed by atoms with Gasteiger partial charge in [0.2, 0.25) is 0 Å². The highest BCUT2D eigenvalue weighted by molar-refractivity contribution is 5.89. The maximum Gasteiger partial charge on any atom is 0.419 e. The quantitative estimate of drug-likeness (QED) is 0.380. The Labute approximate surface area is 160 Å². The van der Waals surface area contributed by atoms with Crippen LogP contribution < -0.4 is 5.76 Å². The van der Waals surface area contributed by atoms with Crippen molar-refractivity contribution in [2.45, 2.75) is 19.9 Å². The average Bonchev–Trinajstić information content (AvgIpc) is 3.28. The molecule has 2 aromatic carbocycles. The SMILES string of the molecule is Cc1ccnn1-c1ccc(C(=O)OCCCn2c(=O)oc3ccccc32)cc1. The summed E-state index contributed by atoms with van der Waals surface area (Å²) in [6.45, 7) is 2.59. The van der Waals surface area contributed by atoms with E-state index in [1.54, 1.807) is 33.6 Å². The molecule has 0 radical (unpaired) electrons. The predicted octanol–water partition coefficient (Wildman–Crippen LogP) is 3.34. The molecule has 0 N–H and O–H groups in total. The molecule has 4 aromatic rings. The van der Waals surface area contributed by atoms with Crippen molar-refractivity contribution in [1.82, 2.24) is 14.3 Å². The van der Waals surface area contributed by atoms with Crippen molar-refractivity contribution in [1.29, 1.82) is 0 Å². The van der Waals surface area contributed by atoms with Gasteiger partial charge in [-0.25, -0.2) is 14.3 Å². The van der Waals surface area contributed by atoms with Crippen LogP contribution in [0.15, 0.2) is 70.0 Å². The van der Waals surface area contributed by atoms with E-state index in [9.17, 15) is 9.59 Å². The fourth-order valence-corrected chi connectivity index (χ4v) is 3.08. The zero-order valence-corrected chi connectivity index (χ0v) is 15.4. The number of aromatic nitrogens is 3. The van der Waals surface area contributed by atoms with Crippen LogP contribution in [0.25, 0.3) is 16.8 Å². The van der Waals surface area contributed by atoms with Gasteiger partial charge in [-0.3, -0.25) is 4.57 Å². The van der Waals surface area contributed by atoms with Crippen LogP contribution in [0.3, 0.4) is 0 Å². The minimum Gasteiger partial charge on any atom is -0.462 e. The van der Waals surface area contributed by atoms with Crippen LogP contribution >= 0.6 is 0 Å². The fourth-order valence-electron chi connectivity index (χ4n) is 3.08. The van der Waals surface area contributed by atoms with Gasteiger partial charge in [-0.15, -0.1) is 0 Å². The number of esters is 1. The Kier molecular flexibility index (Phi) is 4.80. The number of ether oxygens (including phenoxy) is 1. The van der Waals surface area contributed by atoms with Crippen LogP contribution in [0.1, 0.15) is 22.5 Å². The van der Waals surface area contributed by atoms with Crippen LogP contribution in [0, 0.1) is 6.92 Å². The molecule has 0 amide bonds. The van der Waals surface area contributed by atoms with Gasteiger partial charge in [-0.05, 0) is 55.8 Å². The van der Waals surface area contributed by atoms with Gasteiger partial charge in [0.15, 0.2) is 5.58 Å². The highest BCUT2D eigenvalue weighted by Crippen LogP contribution is 2.13. The zero-order chi connectivity index (χ0) is 19.5. The molecule has 0 saturated heterocycles. The number of carbonyl (C=O) groups excluding carboxylic acids is 1. The molecule has 0 aliphatic carbocycles. The van der Waals surface area contributed by atoms with Crippen LogP contribution in [0.2, 0.25) is 0 Å². The smallest absolute Gasteiger partial charge is 0.419 e. The zero-order valence-electron chi connectivity index (χ0n) is 15.4. The van der Waals surface area contributed by atoms with E-state index in [4.69, 9.17) is 9.15 Å². The third-order valence-electron chi connectivity index (χ3n) is 4.51. The lowest BCUT2D eigenvalue weighted by Gasteiger charge is -2.07. The first-order valence-corrected chi connectivity index (χ1v) is 9.00. The summed E-state index contributed by atoms with van der Waals surface area (Å²) in [7, 11) is 0. The molecule has 4 rings (SSSR count). The van der Waals surface area contributed by atoms with Gasteiger partial charge in [0, 0.05) is 18.4 Å². The molecule has 2 aromatic heterocycles. The summed E-state index contributed by atoms with van der Waals surface area (Å²) in [6, 6.07) is 16.2. The van der Waals surface area contributed by atoms with Gasteiger partial charge in [-0.1, -0.05) is 12.1 Å². The average molecular weight is 377 g/mol. The molecule has 0 aliphatic heterocycles. The standard InChI is InChI=1S/C21H19N3O4/c1-15-11-12-22-24(15)17-9-7-16(8-10-17)20(25)27-14-4-13-23-18-5-2-3-6-19(18)28-21(23)26/h2-3,5-12H,4,13-14H2,1H3. The molecule has 7 nitrogen and oxygen atoms in total. The number of aryl methyl sites for hydroxylation is 2. The first-order chi connectivity index (χ1) is 13.6. The number of benzene rings is 2. The van der Waals surface area contributed by atoms with E-state index in [1.807, 2.05) is 43.3 Å². The van der Waals surface area contributed by atoms with E-state index < -0.39 is 11.7 Å². The summed E-state index contributed by atoms with van der Waals surface area (Å²) in [5, 5.41) is 4.24. The molecular formula is C21H19N3O4. The predicted molar refractivity (Wildman–Crippen MR) is 104 cm³/mol. The number of carbonyl (C=O) groups is 1. The highest BCUT2D eigenvalue weighted by atomic mass is 16.5. The van der Waals surface area contributed by atoms with Crippen LogP contribution in [0.5, 0.6) is 0 Å². The lowest BCUT2D eigenvalue weighted by molar-refractivity contribution is 0.0496. The van der Waals surface area contributed by atoms with Gasteiger partial charge < -0.3 is 9.15 Å². The first-order valence-electron chi connectivity index (χ1n) is 9.00. The third-order valence-corrected chi connectivity index (χ3v) is 4.51. The van der Waals surface area contributed by atoms with Crippen LogP contribution in [-0.4, -0.2) is 26.9 Å². The molecule has 0 spiro atoms. The molecule has 28 heavy (non-hydrogen) atoms. The molecule has 7 heteroatoms. The number of rotatable bonds is 6. The lowest BCUT2D eigenvalue weighted by Crippen LogP contribution is -2.16. The van der Waals surface area contributed by atoms with Crippen molar-refractivity contribution in [3.63, 3.8) is 0 Å². The maximum absolute atomic E-state index is 12.2. The Morgan fingerprint density at radius 1 is 1.11 bits per heavy atom. The monoisotopic (exact) mass is 377 g/mol. The third kappa shape index (κ3) is 3.46. The molecular weight excluding hydrogens is 358 g/mol. The first kappa shape index (κ1) is 17.8. The number of fused-ring (bicyclic) bond motifs is 1. The number of nitrogens with zero attached hydrogens (tertiary/aromatic N) is 3. The Morgan fingerprint density at radius 2 is 1.89 bits per heavy atom. The second kappa shape index (κ2) is 7.56. The van der Waals surface area contributed by atoms with Crippen molar-refractivity contribution >= 4 is 17.1 Å². The molecule has 0 bridgehead atoms. The molecule has 0 fully saturated rings. The van der Waals surface area contributed by atoms with Gasteiger partial charge >= 0.3 is 11.7 Å². The maximum atomic E-state index is 12.2. The van der Waals surface area contributed by atoms with Crippen molar-refractivity contribution in [3.8, 4) is 5.69 Å². The van der Waals surface area contributed by atoms with Crippen LogP contribution in [-0.2, 0) is 11.3 Å². The minimum absolute atomic E-state index is 0.213. The van der Waals surface area contributed by atoms with Crippen molar-refractivity contribution in [2.75, 3.05) is 6.61 Å². The number of oxazole rings is 1. The Balaban J connectivity index is 1.34. The molecule has 0 unspecified atom stereocenters. The summed E-state index contributed by atoms with van der Waals surface area (Å²) in [4.78, 5) is 24.1. The number of hydrogen-bond donors (Lipinski definition) is 0. The number of para-hydroxylation sites is 2. The Morgan fingerprint density at radius 3 is 2.64 bits per heavy atom. The van der Waals surface area contributed by atoms with Crippen LogP contribution in [0.4, 0.5) is 0 Å². The van der Waals surface area contributed by atoms with E-state index in [1.165, 1.54) is 0 Å². The Bertz CT molecular complexity index is 1170. The molecule has 0 saturated carbocycles. The molecule has 2 heterocycles. The summed E-state index contributed by atoms with van der Waals surface area (Å²) in [5.74, 6) is -0.801. The van der Waals surface area contributed by atoms with Gasteiger partial charge in [0.05, 0.1) is 23.4 Å². The summed E-state index contributed by atoms with van der Waals surface area (Å²) >= 11 is 0. The van der Waals surface area contributed by atoms with Crippen molar-refractivity contribution in [2.24, 2.45) is 0 Å². The van der Waals surface area contributed by atoms with E-state index in [0.29, 0.717) is 24.1 Å².